The predicted molar refractivity (Wildman–Crippen MR) is 137 cm³/mol. The van der Waals surface area contributed by atoms with Crippen LogP contribution in [0.3, 0.4) is 0 Å². The number of aromatic amines is 1. The summed E-state index contributed by atoms with van der Waals surface area (Å²) in [6, 6.07) is 12.5. The molecule has 0 bridgehead atoms. The van der Waals surface area contributed by atoms with E-state index in [0.717, 1.165) is 55.8 Å². The quantitative estimate of drug-likeness (QED) is 0.463. The molecule has 196 valence electrons. The monoisotopic (exact) mass is 498 g/mol. The second-order valence-corrected chi connectivity index (χ2v) is 9.82. The number of aryl methyl sites for hydroxylation is 1. The number of carbonyl (C=O) groups is 2. The molecule has 36 heavy (non-hydrogen) atoms. The average Bonchev–Trinajstić information content (AvgIpc) is 2.90. The molecule has 1 aliphatic heterocycles. The summed E-state index contributed by atoms with van der Waals surface area (Å²) in [5, 5.41) is 14.8. The Morgan fingerprint density at radius 1 is 0.889 bits per heavy atom. The lowest BCUT2D eigenvalue weighted by atomic mass is 9.89. The van der Waals surface area contributed by atoms with Crippen LogP contribution < -0.4 is 10.3 Å². The van der Waals surface area contributed by atoms with Crippen LogP contribution in [-0.2, 0) is 22.6 Å². The van der Waals surface area contributed by atoms with Gasteiger partial charge in [-0.15, -0.1) is 0 Å². The van der Waals surface area contributed by atoms with E-state index in [1.807, 2.05) is 12.1 Å². The first kappa shape index (κ1) is 27.5. The summed E-state index contributed by atoms with van der Waals surface area (Å²) >= 11 is 0. The summed E-state index contributed by atoms with van der Waals surface area (Å²) in [6.07, 6.45) is 13.3. The summed E-state index contributed by atoms with van der Waals surface area (Å²) in [5.74, 6) is -1.04. The van der Waals surface area contributed by atoms with Crippen LogP contribution in [0, 0.1) is 11.8 Å². The maximum atomic E-state index is 11.9. The number of ether oxygens (including phenoxy) is 1. The van der Waals surface area contributed by atoms with Crippen LogP contribution in [0.25, 0.3) is 0 Å². The van der Waals surface area contributed by atoms with Gasteiger partial charge in [-0.1, -0.05) is 43.5 Å². The summed E-state index contributed by atoms with van der Waals surface area (Å²) in [6.45, 7) is 3.81. The Balaban J connectivity index is 0.000000538. The van der Waals surface area contributed by atoms with Gasteiger partial charge in [-0.05, 0) is 81.1 Å². The standard InChI is InChI=1S/C26H36N2O2.C2H2O4/c29-26-24(10-6-16-27-26)19-28-17-14-21(15-18-28)12-13-23-9-4-5-11-25(23)30-20-22-7-2-1-3-8-22;3-1(4)2(5)6/h4-6,9-11,16,21-22H,1-3,7-8,12-15,17-20H2,(H,27,29);(H,3,4)(H,5,6). The van der Waals surface area contributed by atoms with Crippen molar-refractivity contribution in [3.63, 3.8) is 0 Å². The first-order valence-corrected chi connectivity index (χ1v) is 13.0. The maximum absolute atomic E-state index is 11.9. The zero-order valence-corrected chi connectivity index (χ0v) is 20.9. The number of likely N-dealkylation sites (tertiary alicyclic amines) is 1. The molecule has 0 unspecified atom stereocenters. The third kappa shape index (κ3) is 9.15. The van der Waals surface area contributed by atoms with Crippen molar-refractivity contribution in [3.05, 3.63) is 64.1 Å². The van der Waals surface area contributed by atoms with E-state index in [-0.39, 0.29) is 5.56 Å². The van der Waals surface area contributed by atoms with E-state index < -0.39 is 11.9 Å². The van der Waals surface area contributed by atoms with Gasteiger partial charge in [0.15, 0.2) is 0 Å². The van der Waals surface area contributed by atoms with Crippen molar-refractivity contribution < 1.29 is 24.5 Å². The van der Waals surface area contributed by atoms with Crippen molar-refractivity contribution in [2.75, 3.05) is 19.7 Å². The van der Waals surface area contributed by atoms with Gasteiger partial charge in [-0.2, -0.15) is 0 Å². The summed E-state index contributed by atoms with van der Waals surface area (Å²) in [5.41, 5.74) is 2.29. The van der Waals surface area contributed by atoms with Crippen LogP contribution in [0.2, 0.25) is 0 Å². The SMILES string of the molecule is O=C(O)C(=O)O.O=c1[nH]cccc1CN1CCC(CCc2ccccc2OCC2CCCCC2)CC1. The summed E-state index contributed by atoms with van der Waals surface area (Å²) < 4.78 is 6.27. The average molecular weight is 499 g/mol. The van der Waals surface area contributed by atoms with Crippen molar-refractivity contribution >= 4 is 11.9 Å². The first-order valence-electron chi connectivity index (χ1n) is 13.0. The van der Waals surface area contributed by atoms with Crippen LogP contribution in [0.4, 0.5) is 0 Å². The fourth-order valence-electron chi connectivity index (χ4n) is 5.03. The molecule has 1 saturated heterocycles. The Kier molecular flexibility index (Phi) is 11.0. The van der Waals surface area contributed by atoms with Gasteiger partial charge >= 0.3 is 11.9 Å². The Hall–Kier alpha value is -3.13. The number of piperidine rings is 1. The highest BCUT2D eigenvalue weighted by Crippen LogP contribution is 2.28. The molecule has 8 nitrogen and oxygen atoms in total. The molecule has 3 N–H and O–H groups in total. The summed E-state index contributed by atoms with van der Waals surface area (Å²) in [7, 11) is 0. The maximum Gasteiger partial charge on any atom is 0.414 e. The van der Waals surface area contributed by atoms with Crippen LogP contribution in [0.5, 0.6) is 5.75 Å². The van der Waals surface area contributed by atoms with Crippen molar-refractivity contribution in [2.24, 2.45) is 11.8 Å². The molecule has 2 aromatic rings. The number of para-hydroxylation sites is 1. The number of aliphatic carboxylic acids is 2. The number of H-pyrrole nitrogens is 1. The zero-order chi connectivity index (χ0) is 25.8. The van der Waals surface area contributed by atoms with Gasteiger partial charge < -0.3 is 19.9 Å². The highest BCUT2D eigenvalue weighted by atomic mass is 16.5. The highest BCUT2D eigenvalue weighted by Gasteiger charge is 2.20. The van der Waals surface area contributed by atoms with Crippen molar-refractivity contribution in [3.8, 4) is 5.75 Å². The molecular formula is C28H38N2O6. The number of carboxylic acids is 2. The molecule has 1 aromatic heterocycles. The fraction of sp³-hybridized carbons (Fsp3) is 0.536. The van der Waals surface area contributed by atoms with Gasteiger partial charge in [0.2, 0.25) is 0 Å². The third-order valence-corrected chi connectivity index (χ3v) is 7.18. The van der Waals surface area contributed by atoms with Crippen molar-refractivity contribution in [2.45, 2.75) is 64.3 Å². The number of rotatable bonds is 8. The number of hydrogen-bond donors (Lipinski definition) is 3. The molecular weight excluding hydrogens is 460 g/mol. The molecule has 2 fully saturated rings. The lowest BCUT2D eigenvalue weighted by molar-refractivity contribution is -0.159. The number of nitrogens with one attached hydrogen (secondary N) is 1. The minimum atomic E-state index is -1.82. The Morgan fingerprint density at radius 3 is 2.22 bits per heavy atom. The molecule has 0 spiro atoms. The molecule has 1 aromatic carbocycles. The van der Waals surface area contributed by atoms with Crippen LogP contribution in [-0.4, -0.2) is 51.7 Å². The van der Waals surface area contributed by atoms with E-state index in [4.69, 9.17) is 24.5 Å². The summed E-state index contributed by atoms with van der Waals surface area (Å²) in [4.78, 5) is 35.3. The number of aromatic nitrogens is 1. The largest absolute Gasteiger partial charge is 0.493 e. The molecule has 0 radical (unpaired) electrons. The third-order valence-electron chi connectivity index (χ3n) is 7.18. The van der Waals surface area contributed by atoms with Gasteiger partial charge in [0, 0.05) is 18.3 Å². The van der Waals surface area contributed by atoms with Gasteiger partial charge in [-0.3, -0.25) is 9.69 Å². The van der Waals surface area contributed by atoms with E-state index in [0.29, 0.717) is 0 Å². The van der Waals surface area contributed by atoms with Gasteiger partial charge in [0.25, 0.3) is 5.56 Å². The van der Waals surface area contributed by atoms with E-state index in [1.54, 1.807) is 6.20 Å². The van der Waals surface area contributed by atoms with E-state index in [9.17, 15) is 4.79 Å². The minimum Gasteiger partial charge on any atom is -0.493 e. The van der Waals surface area contributed by atoms with Gasteiger partial charge in [0.1, 0.15) is 5.75 Å². The second kappa shape index (κ2) is 14.4. The Morgan fingerprint density at radius 2 is 1.56 bits per heavy atom. The molecule has 1 aliphatic carbocycles. The number of pyridine rings is 1. The van der Waals surface area contributed by atoms with Crippen LogP contribution in [0.15, 0.2) is 47.4 Å². The molecule has 2 heterocycles. The van der Waals surface area contributed by atoms with Crippen LogP contribution >= 0.6 is 0 Å². The second-order valence-electron chi connectivity index (χ2n) is 9.82. The van der Waals surface area contributed by atoms with E-state index >= 15 is 0 Å². The zero-order valence-electron chi connectivity index (χ0n) is 20.9. The first-order chi connectivity index (χ1) is 17.4. The lowest BCUT2D eigenvalue weighted by Gasteiger charge is -2.32. The predicted octanol–water partition coefficient (Wildman–Crippen LogP) is 4.33. The van der Waals surface area contributed by atoms with E-state index in [2.05, 4.69) is 34.1 Å². The van der Waals surface area contributed by atoms with Crippen LogP contribution in [0.1, 0.15) is 62.5 Å². The number of benzene rings is 1. The minimum absolute atomic E-state index is 0.0458. The molecule has 8 heteroatoms. The van der Waals surface area contributed by atoms with Gasteiger partial charge in [-0.25, -0.2) is 9.59 Å². The highest BCUT2D eigenvalue weighted by molar-refractivity contribution is 6.27. The van der Waals surface area contributed by atoms with Gasteiger partial charge in [0.05, 0.1) is 6.61 Å². The van der Waals surface area contributed by atoms with Crippen molar-refractivity contribution in [1.82, 2.24) is 9.88 Å². The van der Waals surface area contributed by atoms with E-state index in [1.165, 1.54) is 56.9 Å². The Bertz CT molecular complexity index is 1010. The molecule has 0 amide bonds. The lowest BCUT2D eigenvalue weighted by Crippen LogP contribution is -2.35. The normalized spacial score (nSPS) is 17.1. The Labute approximate surface area is 212 Å². The molecule has 1 saturated carbocycles. The fourth-order valence-corrected chi connectivity index (χ4v) is 5.03. The molecule has 4 rings (SSSR count). The van der Waals surface area contributed by atoms with Crippen molar-refractivity contribution in [1.29, 1.82) is 0 Å². The number of carboxylic acid groups (broad SMARTS) is 2. The molecule has 0 atom stereocenters. The topological polar surface area (TPSA) is 120 Å². The number of hydrogen-bond acceptors (Lipinski definition) is 5. The smallest absolute Gasteiger partial charge is 0.414 e. The number of nitrogens with zero attached hydrogens (tertiary/aromatic N) is 1. The molecule has 2 aliphatic rings.